The zero-order valence-corrected chi connectivity index (χ0v) is 15.3. The minimum absolute atomic E-state index is 0.0385. The SMILES string of the molecule is CCCC1Cc2c([nH]c3ccccc23)C2(N1)C(=O)Nc1ccc(Cl)cc12. The number of nitrogens with one attached hydrogen (secondary N) is 3. The minimum Gasteiger partial charge on any atom is -0.356 e. The van der Waals surface area contributed by atoms with Gasteiger partial charge in [0.2, 0.25) is 0 Å². The molecular weight excluding hydrogens is 346 g/mol. The monoisotopic (exact) mass is 365 g/mol. The third-order valence-corrected chi connectivity index (χ3v) is 5.91. The number of carbonyl (C=O) groups excluding carboxylic acids is 1. The number of carbonyl (C=O) groups is 1. The van der Waals surface area contributed by atoms with E-state index in [1.807, 2.05) is 24.3 Å². The van der Waals surface area contributed by atoms with Crippen molar-refractivity contribution in [2.75, 3.05) is 5.32 Å². The second kappa shape index (κ2) is 5.60. The molecule has 1 amide bonds. The number of hydrogen-bond acceptors (Lipinski definition) is 2. The number of aromatic amines is 1. The first-order valence-electron chi connectivity index (χ1n) is 9.12. The van der Waals surface area contributed by atoms with Crippen LogP contribution >= 0.6 is 11.6 Å². The van der Waals surface area contributed by atoms with Crippen LogP contribution in [0.2, 0.25) is 5.02 Å². The molecule has 132 valence electrons. The van der Waals surface area contributed by atoms with Crippen molar-refractivity contribution in [1.82, 2.24) is 10.3 Å². The van der Waals surface area contributed by atoms with Gasteiger partial charge in [0.05, 0.1) is 5.69 Å². The fourth-order valence-corrected chi connectivity index (χ4v) is 4.77. The second-order valence-corrected chi connectivity index (χ2v) is 7.69. The highest BCUT2D eigenvalue weighted by atomic mass is 35.5. The highest BCUT2D eigenvalue weighted by Gasteiger charge is 2.53. The maximum Gasteiger partial charge on any atom is 0.255 e. The molecule has 3 heterocycles. The number of H-pyrrole nitrogens is 1. The molecule has 1 spiro atoms. The lowest BCUT2D eigenvalue weighted by Crippen LogP contribution is -2.57. The quantitative estimate of drug-likeness (QED) is 0.633. The summed E-state index contributed by atoms with van der Waals surface area (Å²) in [6.45, 7) is 2.18. The van der Waals surface area contributed by atoms with E-state index < -0.39 is 5.54 Å². The summed E-state index contributed by atoms with van der Waals surface area (Å²) in [5.41, 5.74) is 4.08. The van der Waals surface area contributed by atoms with Crippen LogP contribution in [0.4, 0.5) is 5.69 Å². The van der Waals surface area contributed by atoms with Crippen molar-refractivity contribution >= 4 is 34.1 Å². The van der Waals surface area contributed by atoms with Gasteiger partial charge in [0.15, 0.2) is 5.54 Å². The first-order valence-corrected chi connectivity index (χ1v) is 9.50. The molecule has 1 aromatic heterocycles. The number of aromatic nitrogens is 1. The highest BCUT2D eigenvalue weighted by Crippen LogP contribution is 2.47. The summed E-state index contributed by atoms with van der Waals surface area (Å²) >= 11 is 6.30. The third-order valence-electron chi connectivity index (χ3n) is 5.67. The van der Waals surface area contributed by atoms with Gasteiger partial charge in [0.25, 0.3) is 5.91 Å². The zero-order valence-electron chi connectivity index (χ0n) is 14.5. The lowest BCUT2D eigenvalue weighted by Gasteiger charge is -2.38. The molecule has 5 rings (SSSR count). The minimum atomic E-state index is -0.910. The summed E-state index contributed by atoms with van der Waals surface area (Å²) < 4.78 is 0. The standard InChI is InChI=1S/C21H20ClN3O/c1-2-5-13-11-15-14-6-3-4-7-17(14)23-19(15)21(25-13)16-10-12(22)8-9-18(16)24-20(21)26/h3-4,6-10,13,23,25H,2,5,11H2,1H3,(H,24,26). The lowest BCUT2D eigenvalue weighted by atomic mass is 9.79. The Kier molecular flexibility index (Phi) is 3.43. The normalized spacial score (nSPS) is 23.9. The van der Waals surface area contributed by atoms with E-state index in [-0.39, 0.29) is 11.9 Å². The molecule has 2 unspecified atom stereocenters. The number of benzene rings is 2. The number of halogens is 1. The number of hydrogen-bond donors (Lipinski definition) is 3. The molecule has 2 atom stereocenters. The van der Waals surface area contributed by atoms with Gasteiger partial charge in [-0.3, -0.25) is 10.1 Å². The largest absolute Gasteiger partial charge is 0.356 e. The van der Waals surface area contributed by atoms with Gasteiger partial charge in [-0.15, -0.1) is 0 Å². The molecule has 5 heteroatoms. The van der Waals surface area contributed by atoms with E-state index in [4.69, 9.17) is 11.6 Å². The van der Waals surface area contributed by atoms with Crippen LogP contribution in [0, 0.1) is 0 Å². The van der Waals surface area contributed by atoms with Crippen LogP contribution < -0.4 is 10.6 Å². The summed E-state index contributed by atoms with van der Waals surface area (Å²) in [5.74, 6) is -0.0385. The Morgan fingerprint density at radius 2 is 2.08 bits per heavy atom. The smallest absolute Gasteiger partial charge is 0.255 e. The van der Waals surface area contributed by atoms with Crippen molar-refractivity contribution < 1.29 is 4.79 Å². The maximum absolute atomic E-state index is 13.3. The fourth-order valence-electron chi connectivity index (χ4n) is 4.60. The van der Waals surface area contributed by atoms with E-state index in [2.05, 4.69) is 40.7 Å². The second-order valence-electron chi connectivity index (χ2n) is 7.25. The van der Waals surface area contributed by atoms with Gasteiger partial charge in [-0.25, -0.2) is 0 Å². The molecule has 0 saturated carbocycles. The van der Waals surface area contributed by atoms with Gasteiger partial charge in [0, 0.05) is 33.2 Å². The number of anilines is 1. The Bertz CT molecular complexity index is 1040. The Morgan fingerprint density at radius 3 is 2.92 bits per heavy atom. The van der Waals surface area contributed by atoms with Crippen LogP contribution in [0.1, 0.15) is 36.6 Å². The van der Waals surface area contributed by atoms with Crippen molar-refractivity contribution in [2.45, 2.75) is 37.8 Å². The van der Waals surface area contributed by atoms with E-state index in [1.165, 1.54) is 10.9 Å². The molecule has 0 aliphatic carbocycles. The fraction of sp³-hybridized carbons (Fsp3) is 0.286. The van der Waals surface area contributed by atoms with Gasteiger partial charge < -0.3 is 10.3 Å². The Balaban J connectivity index is 1.82. The predicted octanol–water partition coefficient (Wildman–Crippen LogP) is 4.33. The van der Waals surface area contributed by atoms with Crippen LogP contribution in [0.25, 0.3) is 10.9 Å². The summed E-state index contributed by atoms with van der Waals surface area (Å²) in [6.07, 6.45) is 3.00. The molecule has 3 N–H and O–H groups in total. The number of rotatable bonds is 2. The Labute approximate surface area is 156 Å². The summed E-state index contributed by atoms with van der Waals surface area (Å²) in [7, 11) is 0. The van der Waals surface area contributed by atoms with E-state index in [1.54, 1.807) is 0 Å². The van der Waals surface area contributed by atoms with Gasteiger partial charge in [-0.1, -0.05) is 43.1 Å². The molecular formula is C21H20ClN3O. The Morgan fingerprint density at radius 1 is 1.23 bits per heavy atom. The molecule has 2 aliphatic rings. The van der Waals surface area contributed by atoms with Gasteiger partial charge in [-0.2, -0.15) is 0 Å². The van der Waals surface area contributed by atoms with Crippen molar-refractivity contribution in [1.29, 1.82) is 0 Å². The number of fused-ring (bicyclic) bond motifs is 6. The predicted molar refractivity (Wildman–Crippen MR) is 105 cm³/mol. The average Bonchev–Trinajstić information content (AvgIpc) is 3.13. The van der Waals surface area contributed by atoms with Crippen molar-refractivity contribution in [3.05, 3.63) is 64.3 Å². The van der Waals surface area contributed by atoms with Gasteiger partial charge in [0.1, 0.15) is 0 Å². The van der Waals surface area contributed by atoms with Crippen molar-refractivity contribution in [3.63, 3.8) is 0 Å². The third kappa shape index (κ3) is 2.03. The van der Waals surface area contributed by atoms with E-state index in [0.717, 1.165) is 41.7 Å². The first kappa shape index (κ1) is 15.9. The highest BCUT2D eigenvalue weighted by molar-refractivity contribution is 6.31. The van der Waals surface area contributed by atoms with Crippen LogP contribution in [0.5, 0.6) is 0 Å². The van der Waals surface area contributed by atoms with E-state index in [0.29, 0.717) is 5.02 Å². The lowest BCUT2D eigenvalue weighted by molar-refractivity contribution is -0.121. The first-order chi connectivity index (χ1) is 12.6. The molecule has 2 aromatic carbocycles. The molecule has 2 aliphatic heterocycles. The molecule has 4 nitrogen and oxygen atoms in total. The number of para-hydroxylation sites is 1. The maximum atomic E-state index is 13.3. The summed E-state index contributed by atoms with van der Waals surface area (Å²) in [5, 5.41) is 8.57. The number of amides is 1. The molecule has 26 heavy (non-hydrogen) atoms. The van der Waals surface area contributed by atoms with E-state index in [9.17, 15) is 4.79 Å². The molecule has 0 fully saturated rings. The summed E-state index contributed by atoms with van der Waals surface area (Å²) in [4.78, 5) is 16.8. The van der Waals surface area contributed by atoms with Gasteiger partial charge in [-0.05, 0) is 42.7 Å². The van der Waals surface area contributed by atoms with Crippen molar-refractivity contribution in [2.24, 2.45) is 0 Å². The van der Waals surface area contributed by atoms with Crippen LogP contribution in [0.3, 0.4) is 0 Å². The average molecular weight is 366 g/mol. The molecule has 0 radical (unpaired) electrons. The molecule has 0 bridgehead atoms. The van der Waals surface area contributed by atoms with Crippen LogP contribution in [-0.2, 0) is 16.8 Å². The van der Waals surface area contributed by atoms with Crippen LogP contribution in [0.15, 0.2) is 42.5 Å². The zero-order chi connectivity index (χ0) is 17.9. The van der Waals surface area contributed by atoms with Gasteiger partial charge >= 0.3 is 0 Å². The summed E-state index contributed by atoms with van der Waals surface area (Å²) in [6, 6.07) is 14.1. The topological polar surface area (TPSA) is 56.9 Å². The van der Waals surface area contributed by atoms with Crippen LogP contribution in [-0.4, -0.2) is 16.9 Å². The molecule has 3 aromatic rings. The van der Waals surface area contributed by atoms with Crippen molar-refractivity contribution in [3.8, 4) is 0 Å². The molecule has 0 saturated heterocycles. The van der Waals surface area contributed by atoms with E-state index >= 15 is 0 Å². The Hall–Kier alpha value is -2.30.